The zero-order valence-corrected chi connectivity index (χ0v) is 13.3. The summed E-state index contributed by atoms with van der Waals surface area (Å²) < 4.78 is 2.71. The molecule has 1 saturated carbocycles. The zero-order valence-electron chi connectivity index (χ0n) is 11.7. The Balaban J connectivity index is 1.63. The number of nitrogens with zero attached hydrogens (tertiary/aromatic N) is 2. The summed E-state index contributed by atoms with van der Waals surface area (Å²) in [7, 11) is 0. The molecule has 3 rings (SSSR count). The molecule has 2 N–H and O–H groups in total. The van der Waals surface area contributed by atoms with Gasteiger partial charge in [-0.25, -0.2) is 9.48 Å². The van der Waals surface area contributed by atoms with Gasteiger partial charge in [0.1, 0.15) is 0 Å². The number of benzene rings is 1. The summed E-state index contributed by atoms with van der Waals surface area (Å²) in [6.45, 7) is 2.04. The molecule has 0 saturated heterocycles. The van der Waals surface area contributed by atoms with Crippen LogP contribution in [0.1, 0.15) is 19.8 Å². The van der Waals surface area contributed by atoms with Crippen LogP contribution in [0, 0.1) is 5.92 Å². The van der Waals surface area contributed by atoms with Crippen molar-refractivity contribution in [2.75, 3.05) is 5.32 Å². The summed E-state index contributed by atoms with van der Waals surface area (Å²) in [5, 5.41) is 10.1. The topological polar surface area (TPSA) is 59.0 Å². The Bertz CT molecular complexity index is 651. The van der Waals surface area contributed by atoms with Crippen molar-refractivity contribution in [3.8, 4) is 5.69 Å². The average Bonchev–Trinajstić information content (AvgIpc) is 3.19. The molecule has 110 valence electrons. The van der Waals surface area contributed by atoms with Crippen LogP contribution in [0.15, 0.2) is 41.0 Å². The number of carbonyl (C=O) groups excluding carboxylic acids is 1. The minimum absolute atomic E-state index is 0.200. The fourth-order valence-electron chi connectivity index (χ4n) is 2.23. The van der Waals surface area contributed by atoms with Gasteiger partial charge in [0.15, 0.2) is 5.82 Å². The van der Waals surface area contributed by atoms with Gasteiger partial charge in [0.25, 0.3) is 0 Å². The van der Waals surface area contributed by atoms with Gasteiger partial charge < -0.3 is 5.32 Å². The van der Waals surface area contributed by atoms with E-state index in [0.29, 0.717) is 11.7 Å². The second-order valence-corrected chi connectivity index (χ2v) is 6.27. The van der Waals surface area contributed by atoms with Crippen LogP contribution in [0.2, 0.25) is 0 Å². The molecule has 6 heteroatoms. The standard InChI is InChI=1S/C15H17BrN4O/c1-10(11-5-6-11)17-15(21)18-14-7-8-20(19-14)13-4-2-3-12(16)9-13/h2-4,7-11H,5-6H2,1H3,(H2,17,18,19,21)/t10-/m0/s1. The van der Waals surface area contributed by atoms with E-state index < -0.39 is 0 Å². The van der Waals surface area contributed by atoms with Crippen LogP contribution in [0.4, 0.5) is 10.6 Å². The van der Waals surface area contributed by atoms with Gasteiger partial charge >= 0.3 is 6.03 Å². The van der Waals surface area contributed by atoms with Gasteiger partial charge in [0.05, 0.1) is 5.69 Å². The molecule has 1 aromatic carbocycles. The van der Waals surface area contributed by atoms with Crippen molar-refractivity contribution < 1.29 is 4.79 Å². The second kappa shape index (κ2) is 5.89. The van der Waals surface area contributed by atoms with E-state index in [1.807, 2.05) is 37.4 Å². The van der Waals surface area contributed by atoms with Crippen LogP contribution in [0.25, 0.3) is 5.69 Å². The van der Waals surface area contributed by atoms with Crippen LogP contribution in [0.3, 0.4) is 0 Å². The van der Waals surface area contributed by atoms with Crippen molar-refractivity contribution in [1.82, 2.24) is 15.1 Å². The highest BCUT2D eigenvalue weighted by Gasteiger charge is 2.28. The van der Waals surface area contributed by atoms with Crippen molar-refractivity contribution >= 4 is 27.8 Å². The van der Waals surface area contributed by atoms with E-state index in [4.69, 9.17) is 0 Å². The quantitative estimate of drug-likeness (QED) is 0.887. The number of anilines is 1. The lowest BCUT2D eigenvalue weighted by Crippen LogP contribution is -2.37. The monoisotopic (exact) mass is 348 g/mol. The first-order valence-electron chi connectivity index (χ1n) is 7.01. The van der Waals surface area contributed by atoms with E-state index in [0.717, 1.165) is 10.2 Å². The number of aromatic nitrogens is 2. The third-order valence-electron chi connectivity index (χ3n) is 3.59. The van der Waals surface area contributed by atoms with Gasteiger partial charge in [-0.15, -0.1) is 5.10 Å². The number of hydrogen-bond donors (Lipinski definition) is 2. The third-order valence-corrected chi connectivity index (χ3v) is 4.08. The van der Waals surface area contributed by atoms with E-state index in [2.05, 4.69) is 31.7 Å². The number of carbonyl (C=O) groups is 1. The zero-order chi connectivity index (χ0) is 14.8. The maximum Gasteiger partial charge on any atom is 0.320 e. The fourth-order valence-corrected chi connectivity index (χ4v) is 2.61. The summed E-state index contributed by atoms with van der Waals surface area (Å²) in [6.07, 6.45) is 4.24. The average molecular weight is 349 g/mol. The second-order valence-electron chi connectivity index (χ2n) is 5.35. The van der Waals surface area contributed by atoms with Gasteiger partial charge in [-0.05, 0) is 43.9 Å². The van der Waals surface area contributed by atoms with E-state index in [9.17, 15) is 4.79 Å². The molecule has 1 fully saturated rings. The first-order chi connectivity index (χ1) is 10.1. The molecular formula is C15H17BrN4O. The summed E-state index contributed by atoms with van der Waals surface area (Å²) in [5.41, 5.74) is 0.934. The molecule has 1 aliphatic rings. The van der Waals surface area contributed by atoms with Gasteiger partial charge in [-0.2, -0.15) is 0 Å². The third kappa shape index (κ3) is 3.64. The first kappa shape index (κ1) is 14.1. The highest BCUT2D eigenvalue weighted by Crippen LogP contribution is 2.32. The Morgan fingerprint density at radius 2 is 2.24 bits per heavy atom. The van der Waals surface area contributed by atoms with Crippen molar-refractivity contribution in [2.24, 2.45) is 5.92 Å². The van der Waals surface area contributed by atoms with E-state index in [1.54, 1.807) is 10.7 Å². The Hall–Kier alpha value is -1.82. The predicted molar refractivity (Wildman–Crippen MR) is 85.6 cm³/mol. The van der Waals surface area contributed by atoms with Gasteiger partial charge in [0, 0.05) is 22.8 Å². The summed E-state index contributed by atoms with van der Waals surface area (Å²) >= 11 is 3.43. The minimum Gasteiger partial charge on any atom is -0.335 e. The minimum atomic E-state index is -0.200. The number of hydrogen-bond acceptors (Lipinski definition) is 2. The SMILES string of the molecule is C[C@H](NC(=O)Nc1ccn(-c2cccc(Br)c2)n1)C1CC1. The Morgan fingerprint density at radius 3 is 2.95 bits per heavy atom. The molecular weight excluding hydrogens is 332 g/mol. The van der Waals surface area contributed by atoms with Crippen LogP contribution < -0.4 is 10.6 Å². The van der Waals surface area contributed by atoms with Crippen molar-refractivity contribution in [2.45, 2.75) is 25.8 Å². The smallest absolute Gasteiger partial charge is 0.320 e. The molecule has 0 aliphatic heterocycles. The lowest BCUT2D eigenvalue weighted by Gasteiger charge is -2.12. The molecule has 21 heavy (non-hydrogen) atoms. The first-order valence-corrected chi connectivity index (χ1v) is 7.80. The lowest BCUT2D eigenvalue weighted by molar-refractivity contribution is 0.248. The van der Waals surface area contributed by atoms with E-state index >= 15 is 0 Å². The summed E-state index contributed by atoms with van der Waals surface area (Å²) in [6, 6.07) is 9.62. The molecule has 0 radical (unpaired) electrons. The van der Waals surface area contributed by atoms with Gasteiger partial charge in [-0.3, -0.25) is 5.32 Å². The highest BCUT2D eigenvalue weighted by atomic mass is 79.9. The maximum absolute atomic E-state index is 11.9. The number of rotatable bonds is 4. The van der Waals surface area contributed by atoms with Crippen LogP contribution in [0.5, 0.6) is 0 Å². The lowest BCUT2D eigenvalue weighted by atomic mass is 10.2. The molecule has 1 heterocycles. The molecule has 5 nitrogen and oxygen atoms in total. The molecule has 2 amide bonds. The molecule has 0 bridgehead atoms. The fraction of sp³-hybridized carbons (Fsp3) is 0.333. The molecule has 1 aliphatic carbocycles. The highest BCUT2D eigenvalue weighted by molar-refractivity contribution is 9.10. The van der Waals surface area contributed by atoms with Crippen LogP contribution >= 0.6 is 15.9 Å². The normalized spacial score (nSPS) is 15.5. The van der Waals surface area contributed by atoms with Gasteiger partial charge in [0.2, 0.25) is 0 Å². The van der Waals surface area contributed by atoms with Crippen LogP contribution in [-0.2, 0) is 0 Å². The number of amides is 2. The van der Waals surface area contributed by atoms with Crippen molar-refractivity contribution in [3.63, 3.8) is 0 Å². The number of halogens is 1. The Morgan fingerprint density at radius 1 is 1.43 bits per heavy atom. The molecule has 0 spiro atoms. The van der Waals surface area contributed by atoms with E-state index in [1.165, 1.54) is 12.8 Å². The molecule has 1 atom stereocenters. The maximum atomic E-state index is 11.9. The Kier molecular flexibility index (Phi) is 3.96. The largest absolute Gasteiger partial charge is 0.335 e. The molecule has 1 aromatic heterocycles. The summed E-state index contributed by atoms with van der Waals surface area (Å²) in [4.78, 5) is 11.9. The van der Waals surface area contributed by atoms with E-state index in [-0.39, 0.29) is 12.1 Å². The number of urea groups is 1. The number of nitrogens with one attached hydrogen (secondary N) is 2. The van der Waals surface area contributed by atoms with Crippen molar-refractivity contribution in [3.05, 3.63) is 41.0 Å². The predicted octanol–water partition coefficient (Wildman–Crippen LogP) is 3.55. The molecule has 2 aromatic rings. The van der Waals surface area contributed by atoms with Gasteiger partial charge in [-0.1, -0.05) is 22.0 Å². The summed E-state index contributed by atoms with van der Waals surface area (Å²) in [5.74, 6) is 1.17. The van der Waals surface area contributed by atoms with Crippen molar-refractivity contribution in [1.29, 1.82) is 0 Å². The molecule has 0 unspecified atom stereocenters. The Labute approximate surface area is 131 Å². The van der Waals surface area contributed by atoms with Crippen LogP contribution in [-0.4, -0.2) is 21.9 Å².